The molecular weight excluding hydrogens is 268 g/mol. The lowest BCUT2D eigenvalue weighted by atomic mass is 9.76. The highest BCUT2D eigenvalue weighted by atomic mass is 16.4. The minimum atomic E-state index is -0.998. The Morgan fingerprint density at radius 2 is 1.81 bits per heavy atom. The van der Waals surface area contributed by atoms with Gasteiger partial charge in [0.15, 0.2) is 0 Å². The second kappa shape index (κ2) is 7.78. The molecule has 5 heteroatoms. The molecule has 1 aliphatic heterocycles. The molecular formula is C16H30N2O3. The molecule has 0 aromatic heterocycles. The highest BCUT2D eigenvalue weighted by Crippen LogP contribution is 2.31. The maximum Gasteiger partial charge on any atom is 0.310 e. The van der Waals surface area contributed by atoms with Crippen LogP contribution in [0.15, 0.2) is 0 Å². The predicted molar refractivity (Wildman–Crippen MR) is 83.0 cm³/mol. The quantitative estimate of drug-likeness (QED) is 0.719. The van der Waals surface area contributed by atoms with Crippen molar-refractivity contribution in [2.24, 2.45) is 17.3 Å². The fourth-order valence-electron chi connectivity index (χ4n) is 2.68. The normalized spacial score (nSPS) is 20.2. The van der Waals surface area contributed by atoms with Gasteiger partial charge in [-0.1, -0.05) is 20.8 Å². The van der Waals surface area contributed by atoms with E-state index in [2.05, 4.69) is 17.1 Å². The summed E-state index contributed by atoms with van der Waals surface area (Å²) in [5.74, 6) is -0.760. The summed E-state index contributed by atoms with van der Waals surface area (Å²) in [5, 5.41) is 12.2. The van der Waals surface area contributed by atoms with E-state index in [9.17, 15) is 14.7 Å². The Morgan fingerprint density at radius 3 is 2.29 bits per heavy atom. The maximum atomic E-state index is 12.0. The van der Waals surface area contributed by atoms with E-state index in [-0.39, 0.29) is 18.2 Å². The van der Waals surface area contributed by atoms with Crippen LogP contribution in [0.5, 0.6) is 0 Å². The van der Waals surface area contributed by atoms with Gasteiger partial charge in [0, 0.05) is 19.5 Å². The third-order valence-corrected chi connectivity index (χ3v) is 4.71. The molecule has 122 valence electrons. The molecule has 1 rings (SSSR count). The number of nitrogens with zero attached hydrogens (tertiary/aromatic N) is 1. The van der Waals surface area contributed by atoms with Crippen molar-refractivity contribution < 1.29 is 14.7 Å². The van der Waals surface area contributed by atoms with Crippen LogP contribution in [0.4, 0.5) is 0 Å². The molecule has 2 N–H and O–H groups in total. The first-order chi connectivity index (χ1) is 9.75. The summed E-state index contributed by atoms with van der Waals surface area (Å²) in [7, 11) is 0. The number of nitrogens with one attached hydrogen (secondary N) is 1. The molecule has 0 aliphatic carbocycles. The van der Waals surface area contributed by atoms with Gasteiger partial charge in [-0.25, -0.2) is 0 Å². The summed E-state index contributed by atoms with van der Waals surface area (Å²) in [6, 6.07) is 0. The molecule has 0 saturated carbocycles. The third kappa shape index (κ3) is 5.30. The van der Waals surface area contributed by atoms with Crippen LogP contribution >= 0.6 is 0 Å². The summed E-state index contributed by atoms with van der Waals surface area (Å²) in [5.41, 5.74) is -0.998. The van der Waals surface area contributed by atoms with Crippen LogP contribution in [0.25, 0.3) is 0 Å². The Labute approximate surface area is 128 Å². The monoisotopic (exact) mass is 298 g/mol. The Balaban J connectivity index is 2.37. The Bertz CT molecular complexity index is 365. The van der Waals surface area contributed by atoms with Crippen LogP contribution in [0.3, 0.4) is 0 Å². The first-order valence-electron chi connectivity index (χ1n) is 7.98. The zero-order valence-corrected chi connectivity index (χ0v) is 13.8. The van der Waals surface area contributed by atoms with E-state index in [1.54, 1.807) is 6.92 Å². The summed E-state index contributed by atoms with van der Waals surface area (Å²) in [6.45, 7) is 11.4. The van der Waals surface area contributed by atoms with Crippen LogP contribution in [0.2, 0.25) is 0 Å². The molecule has 1 fully saturated rings. The molecule has 1 aliphatic rings. The number of aliphatic carboxylic acids is 1. The van der Waals surface area contributed by atoms with Gasteiger partial charge in [-0.15, -0.1) is 0 Å². The lowest BCUT2D eigenvalue weighted by Crippen LogP contribution is -2.41. The number of hydrogen-bond donors (Lipinski definition) is 2. The van der Waals surface area contributed by atoms with Crippen LogP contribution in [0, 0.1) is 17.3 Å². The van der Waals surface area contributed by atoms with Crippen molar-refractivity contribution in [1.82, 2.24) is 10.2 Å². The van der Waals surface area contributed by atoms with Crippen molar-refractivity contribution in [3.05, 3.63) is 0 Å². The van der Waals surface area contributed by atoms with Crippen LogP contribution in [0.1, 0.15) is 47.0 Å². The van der Waals surface area contributed by atoms with Gasteiger partial charge in [0.25, 0.3) is 0 Å². The highest BCUT2D eigenvalue weighted by Gasteiger charge is 2.38. The second-order valence-corrected chi connectivity index (χ2v) is 6.97. The van der Waals surface area contributed by atoms with Crippen molar-refractivity contribution in [1.29, 1.82) is 0 Å². The number of hydrogen-bond acceptors (Lipinski definition) is 3. The largest absolute Gasteiger partial charge is 0.481 e. The van der Waals surface area contributed by atoms with Crippen molar-refractivity contribution >= 4 is 11.9 Å². The van der Waals surface area contributed by atoms with E-state index in [1.165, 1.54) is 12.8 Å². The van der Waals surface area contributed by atoms with E-state index in [4.69, 9.17) is 0 Å². The summed E-state index contributed by atoms with van der Waals surface area (Å²) >= 11 is 0. The van der Waals surface area contributed by atoms with Crippen LogP contribution < -0.4 is 5.32 Å². The molecule has 0 bridgehead atoms. The van der Waals surface area contributed by atoms with Gasteiger partial charge >= 0.3 is 5.97 Å². The average Bonchev–Trinajstić information content (AvgIpc) is 2.88. The molecule has 5 nitrogen and oxygen atoms in total. The van der Waals surface area contributed by atoms with Crippen molar-refractivity contribution in [3.8, 4) is 0 Å². The topological polar surface area (TPSA) is 69.6 Å². The number of amides is 1. The third-order valence-electron chi connectivity index (χ3n) is 4.71. The molecule has 0 spiro atoms. The lowest BCUT2D eigenvalue weighted by molar-refractivity contribution is -0.153. The van der Waals surface area contributed by atoms with E-state index in [0.29, 0.717) is 12.5 Å². The highest BCUT2D eigenvalue weighted by molar-refractivity contribution is 5.84. The van der Waals surface area contributed by atoms with Crippen LogP contribution in [-0.4, -0.2) is 48.1 Å². The minimum absolute atomic E-state index is 0.0381. The average molecular weight is 298 g/mol. The molecule has 21 heavy (non-hydrogen) atoms. The smallest absolute Gasteiger partial charge is 0.310 e. The number of carboxylic acid groups (broad SMARTS) is 1. The van der Waals surface area contributed by atoms with Gasteiger partial charge in [0.05, 0.1) is 5.41 Å². The zero-order chi connectivity index (χ0) is 16.0. The molecule has 0 radical (unpaired) electrons. The van der Waals surface area contributed by atoms with Crippen LogP contribution in [-0.2, 0) is 9.59 Å². The van der Waals surface area contributed by atoms with Gasteiger partial charge in [-0.2, -0.15) is 0 Å². The summed E-state index contributed by atoms with van der Waals surface area (Å²) in [4.78, 5) is 25.8. The number of carbonyl (C=O) groups excluding carboxylic acids is 1. The van der Waals surface area contributed by atoms with E-state index >= 15 is 0 Å². The Morgan fingerprint density at radius 1 is 1.24 bits per heavy atom. The molecule has 1 saturated heterocycles. The standard InChI is InChI=1S/C16H30N2O3/c1-12(2)16(4,15(20)21)9-14(19)17-10-13(3)11-18-7-5-6-8-18/h12-13H,5-11H2,1-4H3,(H,17,19)(H,20,21). The number of rotatable bonds is 8. The van der Waals surface area contributed by atoms with Gasteiger partial charge in [0.1, 0.15) is 0 Å². The first kappa shape index (κ1) is 18.0. The second-order valence-electron chi connectivity index (χ2n) is 6.97. The zero-order valence-electron chi connectivity index (χ0n) is 13.8. The van der Waals surface area contributed by atoms with Gasteiger partial charge in [0.2, 0.25) is 5.91 Å². The Hall–Kier alpha value is -1.10. The molecule has 1 heterocycles. The fourth-order valence-corrected chi connectivity index (χ4v) is 2.68. The van der Waals surface area contributed by atoms with Gasteiger partial charge < -0.3 is 15.3 Å². The molecule has 0 aromatic rings. The minimum Gasteiger partial charge on any atom is -0.481 e. The van der Waals surface area contributed by atoms with Crippen molar-refractivity contribution in [3.63, 3.8) is 0 Å². The van der Waals surface area contributed by atoms with Gasteiger partial charge in [-0.3, -0.25) is 9.59 Å². The molecule has 1 amide bonds. The number of carboxylic acids is 1. The summed E-state index contributed by atoms with van der Waals surface area (Å²) < 4.78 is 0. The molecule has 2 atom stereocenters. The first-order valence-corrected chi connectivity index (χ1v) is 7.98. The number of likely N-dealkylation sites (tertiary alicyclic amines) is 1. The number of carbonyl (C=O) groups is 2. The predicted octanol–water partition coefficient (Wildman–Crippen LogP) is 1.97. The Kier molecular flexibility index (Phi) is 6.65. The summed E-state index contributed by atoms with van der Waals surface area (Å²) in [6.07, 6.45) is 2.57. The molecule has 0 aromatic carbocycles. The van der Waals surface area contributed by atoms with Crippen molar-refractivity contribution in [2.75, 3.05) is 26.2 Å². The van der Waals surface area contributed by atoms with Crippen molar-refractivity contribution in [2.45, 2.75) is 47.0 Å². The molecule has 2 unspecified atom stereocenters. The lowest BCUT2D eigenvalue weighted by Gasteiger charge is -2.28. The van der Waals surface area contributed by atoms with E-state index in [1.807, 2.05) is 13.8 Å². The van der Waals surface area contributed by atoms with Gasteiger partial charge in [-0.05, 0) is 44.7 Å². The fraction of sp³-hybridized carbons (Fsp3) is 0.875. The maximum absolute atomic E-state index is 12.0. The van der Waals surface area contributed by atoms with E-state index < -0.39 is 11.4 Å². The SMILES string of the molecule is CC(CNC(=O)CC(C)(C(=O)O)C(C)C)CN1CCCC1. The van der Waals surface area contributed by atoms with E-state index in [0.717, 1.165) is 19.6 Å².